The van der Waals surface area contributed by atoms with Gasteiger partial charge < -0.3 is 34.8 Å². The second-order valence-electron chi connectivity index (χ2n) is 5.60. The molecule has 0 spiro atoms. The summed E-state index contributed by atoms with van der Waals surface area (Å²) < 4.78 is 15.8. The van der Waals surface area contributed by atoms with Crippen LogP contribution in [0.2, 0.25) is 0 Å². The van der Waals surface area contributed by atoms with Gasteiger partial charge in [0.15, 0.2) is 6.10 Å². The summed E-state index contributed by atoms with van der Waals surface area (Å²) in [7, 11) is 1.66. The molecule has 1 aromatic rings. The number of hydrogen-bond acceptors (Lipinski definition) is 8. The highest BCUT2D eigenvalue weighted by molar-refractivity contribution is 5.73. The maximum absolute atomic E-state index is 11.1. The van der Waals surface area contributed by atoms with Gasteiger partial charge in [-0.25, -0.2) is 4.79 Å². The summed E-state index contributed by atoms with van der Waals surface area (Å²) in [6.07, 6.45) is -5.49. The topological polar surface area (TPSA) is 135 Å². The molecular weight excluding hydrogens is 406 g/mol. The Morgan fingerprint density at radius 1 is 1.13 bits per heavy atom. The highest BCUT2D eigenvalue weighted by Crippen LogP contribution is 2.30. The summed E-state index contributed by atoms with van der Waals surface area (Å²) in [5.74, 6) is -1.41. The molecule has 0 radical (unpaired) electrons. The van der Waals surface area contributed by atoms with Gasteiger partial charge in [-0.15, -0.1) is 0 Å². The van der Waals surface area contributed by atoms with Crippen LogP contribution in [-0.2, 0) is 25.7 Å². The molecule has 1 aromatic carbocycles. The zero-order chi connectivity index (χ0) is 24.6. The van der Waals surface area contributed by atoms with Crippen LogP contribution in [-0.4, -0.2) is 58.9 Å². The van der Waals surface area contributed by atoms with Gasteiger partial charge in [-0.3, -0.25) is 4.79 Å². The minimum atomic E-state index is -1.57. The van der Waals surface area contributed by atoms with Crippen molar-refractivity contribution in [3.8, 4) is 5.75 Å². The third kappa shape index (κ3) is 10.5. The number of anilines is 1. The molecule has 4 N–H and O–H groups in total. The molecule has 1 aliphatic rings. The summed E-state index contributed by atoms with van der Waals surface area (Å²) in [6, 6.07) is 5.00. The molecule has 180 valence electrons. The predicted molar refractivity (Wildman–Crippen MR) is 119 cm³/mol. The van der Waals surface area contributed by atoms with Gasteiger partial charge in [0.2, 0.25) is 6.29 Å². The van der Waals surface area contributed by atoms with Crippen molar-refractivity contribution in [2.75, 3.05) is 12.4 Å². The average molecular weight is 446 g/mol. The Kier molecular flexibility index (Phi) is 17.2. The molecule has 2 rings (SSSR count). The van der Waals surface area contributed by atoms with E-state index in [-0.39, 0.29) is 13.0 Å². The fourth-order valence-electron chi connectivity index (χ4n) is 2.41. The standard InChI is InChI=1S/C16H21NO8.3C2H6/c1-8(18)23-7-9-3-4-12(10(5-9)17-2)24-13-6-11(19)14(20)15(25-13)16(21)22;3*1-2/h3-5,11,13-15,17,19-20H,6-7H2,1-2H3,(H,21,22);3*1-2H3/t11?,13?,14-,15?;;;/m0.../s1. The molecule has 1 aliphatic heterocycles. The number of aliphatic carboxylic acids is 1. The van der Waals surface area contributed by atoms with Gasteiger partial charge in [-0.1, -0.05) is 47.6 Å². The van der Waals surface area contributed by atoms with Crippen LogP contribution in [0.5, 0.6) is 5.75 Å². The van der Waals surface area contributed by atoms with Crippen LogP contribution in [0, 0.1) is 0 Å². The molecule has 0 aliphatic carbocycles. The van der Waals surface area contributed by atoms with E-state index in [2.05, 4.69) is 5.32 Å². The van der Waals surface area contributed by atoms with Crippen molar-refractivity contribution < 1.29 is 39.1 Å². The molecular formula is C22H39NO8. The lowest BCUT2D eigenvalue weighted by molar-refractivity contribution is -0.228. The number of rotatable bonds is 6. The Morgan fingerprint density at radius 3 is 2.19 bits per heavy atom. The fourth-order valence-corrected chi connectivity index (χ4v) is 2.41. The Labute approximate surface area is 185 Å². The van der Waals surface area contributed by atoms with Gasteiger partial charge >= 0.3 is 11.9 Å². The van der Waals surface area contributed by atoms with Gasteiger partial charge in [0.1, 0.15) is 18.5 Å². The van der Waals surface area contributed by atoms with Crippen LogP contribution in [0.4, 0.5) is 5.69 Å². The zero-order valence-corrected chi connectivity index (χ0v) is 19.8. The van der Waals surface area contributed by atoms with Crippen LogP contribution in [0.1, 0.15) is 60.5 Å². The van der Waals surface area contributed by atoms with Crippen molar-refractivity contribution >= 4 is 17.6 Å². The SMILES string of the molecule is CC.CC.CC.CNc1cc(COC(C)=O)ccc1OC1CC(O)[C@H](O)C(C(=O)O)O1. The van der Waals surface area contributed by atoms with Crippen LogP contribution in [0.25, 0.3) is 0 Å². The lowest BCUT2D eigenvalue weighted by Crippen LogP contribution is -2.53. The van der Waals surface area contributed by atoms with Crippen LogP contribution in [0.3, 0.4) is 0 Å². The fraction of sp³-hybridized carbons (Fsp3) is 0.636. The zero-order valence-electron chi connectivity index (χ0n) is 19.8. The molecule has 31 heavy (non-hydrogen) atoms. The van der Waals surface area contributed by atoms with Gasteiger partial charge in [-0.05, 0) is 17.7 Å². The normalized spacial score (nSPS) is 21.5. The van der Waals surface area contributed by atoms with E-state index in [0.717, 1.165) is 5.56 Å². The lowest BCUT2D eigenvalue weighted by atomic mass is 10.0. The number of esters is 1. The van der Waals surface area contributed by atoms with Crippen molar-refractivity contribution in [2.24, 2.45) is 0 Å². The molecule has 4 atom stereocenters. The summed E-state index contributed by atoms with van der Waals surface area (Å²) >= 11 is 0. The van der Waals surface area contributed by atoms with E-state index < -0.39 is 36.5 Å². The highest BCUT2D eigenvalue weighted by Gasteiger charge is 2.42. The molecule has 0 amide bonds. The van der Waals surface area contributed by atoms with Crippen LogP contribution >= 0.6 is 0 Å². The predicted octanol–water partition coefficient (Wildman–Crippen LogP) is 3.17. The number of carboxylic acid groups (broad SMARTS) is 1. The number of benzene rings is 1. The molecule has 1 fully saturated rings. The number of hydrogen-bond donors (Lipinski definition) is 4. The largest absolute Gasteiger partial charge is 0.479 e. The van der Waals surface area contributed by atoms with Gasteiger partial charge in [-0.2, -0.15) is 0 Å². The second kappa shape index (κ2) is 17.3. The van der Waals surface area contributed by atoms with Crippen LogP contribution < -0.4 is 10.1 Å². The van der Waals surface area contributed by atoms with E-state index in [0.29, 0.717) is 11.4 Å². The van der Waals surface area contributed by atoms with Crippen molar-refractivity contribution in [1.29, 1.82) is 0 Å². The van der Waals surface area contributed by atoms with Gasteiger partial charge in [0.25, 0.3) is 0 Å². The summed E-state index contributed by atoms with van der Waals surface area (Å²) in [4.78, 5) is 22.0. The molecule has 1 saturated heterocycles. The Hall–Kier alpha value is -2.36. The minimum absolute atomic E-state index is 0.0801. The number of aliphatic hydroxyl groups excluding tert-OH is 2. The molecule has 0 saturated carbocycles. The van der Waals surface area contributed by atoms with Crippen molar-refractivity contribution in [3.05, 3.63) is 23.8 Å². The monoisotopic (exact) mass is 445 g/mol. The highest BCUT2D eigenvalue weighted by atomic mass is 16.7. The maximum atomic E-state index is 11.1. The average Bonchev–Trinajstić information content (AvgIpc) is 2.79. The maximum Gasteiger partial charge on any atom is 0.335 e. The first-order chi connectivity index (χ1) is 14.8. The molecule has 3 unspecified atom stereocenters. The first-order valence-corrected chi connectivity index (χ1v) is 10.7. The number of carbonyl (C=O) groups excluding carboxylic acids is 1. The first-order valence-electron chi connectivity index (χ1n) is 10.7. The second-order valence-corrected chi connectivity index (χ2v) is 5.60. The summed E-state index contributed by atoms with van der Waals surface area (Å²) in [6.45, 7) is 13.4. The van der Waals surface area contributed by atoms with Crippen molar-refractivity contribution in [2.45, 2.75) is 86.1 Å². The van der Waals surface area contributed by atoms with E-state index in [9.17, 15) is 19.8 Å². The van der Waals surface area contributed by atoms with E-state index in [1.54, 1.807) is 25.2 Å². The smallest absolute Gasteiger partial charge is 0.335 e. The number of carbonyl (C=O) groups is 2. The third-order valence-corrected chi connectivity index (χ3v) is 3.69. The Morgan fingerprint density at radius 2 is 1.71 bits per heavy atom. The minimum Gasteiger partial charge on any atom is -0.479 e. The molecule has 1 heterocycles. The molecule has 0 aromatic heterocycles. The number of aliphatic hydroxyl groups is 2. The molecule has 9 heteroatoms. The summed E-state index contributed by atoms with van der Waals surface area (Å²) in [5.41, 5.74) is 1.30. The quantitative estimate of drug-likeness (QED) is 0.487. The lowest BCUT2D eigenvalue weighted by Gasteiger charge is -2.35. The van der Waals surface area contributed by atoms with Crippen LogP contribution in [0.15, 0.2) is 18.2 Å². The number of carboxylic acids is 1. The van der Waals surface area contributed by atoms with Crippen molar-refractivity contribution in [1.82, 2.24) is 0 Å². The molecule has 0 bridgehead atoms. The number of ether oxygens (including phenoxy) is 3. The van der Waals surface area contributed by atoms with E-state index >= 15 is 0 Å². The van der Waals surface area contributed by atoms with Gasteiger partial charge in [0, 0.05) is 20.4 Å². The third-order valence-electron chi connectivity index (χ3n) is 3.69. The summed E-state index contributed by atoms with van der Waals surface area (Å²) in [5, 5.41) is 31.4. The van der Waals surface area contributed by atoms with E-state index in [1.165, 1.54) is 6.92 Å². The Bertz CT molecular complexity index is 638. The van der Waals surface area contributed by atoms with Crippen molar-refractivity contribution in [3.63, 3.8) is 0 Å². The Balaban J connectivity index is 0. The number of nitrogens with one attached hydrogen (secondary N) is 1. The molecule has 9 nitrogen and oxygen atoms in total. The van der Waals surface area contributed by atoms with E-state index in [1.807, 2.05) is 41.5 Å². The van der Waals surface area contributed by atoms with Gasteiger partial charge in [0.05, 0.1) is 11.8 Å². The first kappa shape index (κ1) is 30.8. The van der Waals surface area contributed by atoms with E-state index in [4.69, 9.17) is 19.3 Å².